The van der Waals surface area contributed by atoms with Gasteiger partial charge < -0.3 is 19.8 Å². The molecular weight excluding hydrogens is 390 g/mol. The summed E-state index contributed by atoms with van der Waals surface area (Å²) in [5.74, 6) is 1.50. The molecule has 1 aromatic carbocycles. The van der Waals surface area contributed by atoms with Crippen LogP contribution in [0.3, 0.4) is 0 Å². The van der Waals surface area contributed by atoms with Crippen LogP contribution in [-0.2, 0) is 6.54 Å². The lowest BCUT2D eigenvalue weighted by Crippen LogP contribution is -2.24. The number of hydrogen-bond donors (Lipinski definition) is 2. The maximum Gasteiger partial charge on any atom is 0.256 e. The monoisotopic (exact) mass is 407 g/mol. The van der Waals surface area contributed by atoms with Crippen molar-refractivity contribution in [2.45, 2.75) is 6.54 Å². The summed E-state index contributed by atoms with van der Waals surface area (Å²) < 4.78 is 11.6. The van der Waals surface area contributed by atoms with Crippen LogP contribution in [0.15, 0.2) is 65.0 Å². The van der Waals surface area contributed by atoms with Crippen molar-refractivity contribution >= 4 is 27.3 Å². The number of aromatic amines is 1. The van der Waals surface area contributed by atoms with E-state index in [1.807, 2.05) is 24.3 Å². The van der Waals surface area contributed by atoms with E-state index in [1.165, 1.54) is 17.5 Å². The Morgan fingerprint density at radius 3 is 2.86 bits per heavy atom. The average Bonchev–Trinajstić information content (AvgIpc) is 3.24. The third-order valence-electron chi connectivity index (χ3n) is 4.26. The van der Waals surface area contributed by atoms with E-state index in [0.717, 1.165) is 5.56 Å². The van der Waals surface area contributed by atoms with Gasteiger partial charge in [-0.3, -0.25) is 9.59 Å². The number of nitrogens with one attached hydrogen (secondary N) is 2. The molecule has 4 aromatic rings. The fraction of sp³-hybridized carbons (Fsp3) is 0.0952. The number of methoxy groups -OCH3 is 1. The summed E-state index contributed by atoms with van der Waals surface area (Å²) in [6.07, 6.45) is 3.09. The number of hydrogen-bond acceptors (Lipinski definition) is 6. The van der Waals surface area contributed by atoms with Gasteiger partial charge in [-0.2, -0.15) is 0 Å². The highest BCUT2D eigenvalue weighted by molar-refractivity contribution is 7.17. The number of rotatable bonds is 6. The molecule has 3 aromatic heterocycles. The van der Waals surface area contributed by atoms with Crippen LogP contribution in [0.25, 0.3) is 10.1 Å². The Morgan fingerprint density at radius 1 is 1.21 bits per heavy atom. The minimum atomic E-state index is -0.259. The molecule has 0 unspecified atom stereocenters. The Hall–Kier alpha value is -3.65. The summed E-state index contributed by atoms with van der Waals surface area (Å²) in [6, 6.07) is 12.5. The first-order valence-corrected chi connectivity index (χ1v) is 9.66. The van der Waals surface area contributed by atoms with Gasteiger partial charge in [0.15, 0.2) is 0 Å². The number of nitrogens with zero attached hydrogens (tertiary/aromatic N) is 1. The Morgan fingerprint density at radius 2 is 2.07 bits per heavy atom. The number of carbonyl (C=O) groups excluding carboxylic acids is 1. The molecule has 8 heteroatoms. The largest absolute Gasteiger partial charge is 0.497 e. The molecule has 0 bridgehead atoms. The number of carbonyl (C=O) groups is 1. The Labute approximate surface area is 170 Å². The number of pyridine rings is 2. The minimum absolute atomic E-state index is 0.200. The van der Waals surface area contributed by atoms with Crippen molar-refractivity contribution in [1.82, 2.24) is 15.3 Å². The van der Waals surface area contributed by atoms with Gasteiger partial charge in [0.2, 0.25) is 5.88 Å². The molecule has 0 aliphatic heterocycles. The molecule has 0 saturated carbocycles. The molecule has 0 fully saturated rings. The second-order valence-corrected chi connectivity index (χ2v) is 7.08. The molecule has 0 spiro atoms. The van der Waals surface area contributed by atoms with Crippen molar-refractivity contribution < 1.29 is 14.3 Å². The summed E-state index contributed by atoms with van der Waals surface area (Å²) in [5.41, 5.74) is 1.07. The van der Waals surface area contributed by atoms with Crippen LogP contribution < -0.4 is 20.3 Å². The molecule has 146 valence electrons. The SMILES string of the molecule is COc1cccc(Oc2ccc(CNC(=O)c3c[nH]c(=O)c4ccsc34)cn2)c1. The van der Waals surface area contributed by atoms with Gasteiger partial charge in [-0.25, -0.2) is 4.98 Å². The molecular formula is C21H17N3O4S. The quantitative estimate of drug-likeness (QED) is 0.508. The van der Waals surface area contributed by atoms with E-state index in [2.05, 4.69) is 15.3 Å². The summed E-state index contributed by atoms with van der Waals surface area (Å²) in [7, 11) is 1.59. The van der Waals surface area contributed by atoms with Crippen LogP contribution in [0.4, 0.5) is 0 Å². The zero-order valence-corrected chi connectivity index (χ0v) is 16.3. The molecule has 0 aliphatic rings. The summed E-state index contributed by atoms with van der Waals surface area (Å²) in [5, 5.41) is 5.16. The van der Waals surface area contributed by atoms with Crippen molar-refractivity contribution in [2.24, 2.45) is 0 Å². The van der Waals surface area contributed by atoms with Gasteiger partial charge in [-0.05, 0) is 29.1 Å². The highest BCUT2D eigenvalue weighted by Crippen LogP contribution is 2.24. The fourth-order valence-electron chi connectivity index (χ4n) is 2.79. The highest BCUT2D eigenvalue weighted by atomic mass is 32.1. The first-order valence-electron chi connectivity index (χ1n) is 8.78. The summed E-state index contributed by atoms with van der Waals surface area (Å²) in [4.78, 5) is 31.2. The molecule has 0 saturated heterocycles. The van der Waals surface area contributed by atoms with Crippen LogP contribution in [0.1, 0.15) is 15.9 Å². The second kappa shape index (κ2) is 8.15. The zero-order chi connectivity index (χ0) is 20.2. The molecule has 0 aliphatic carbocycles. The van der Waals surface area contributed by atoms with Gasteiger partial charge in [-0.1, -0.05) is 12.1 Å². The highest BCUT2D eigenvalue weighted by Gasteiger charge is 2.13. The third-order valence-corrected chi connectivity index (χ3v) is 5.21. The van der Waals surface area contributed by atoms with Crippen LogP contribution in [0.2, 0.25) is 0 Å². The normalized spacial score (nSPS) is 10.7. The molecule has 1 amide bonds. The van der Waals surface area contributed by atoms with Crippen LogP contribution in [0, 0.1) is 0 Å². The summed E-state index contributed by atoms with van der Waals surface area (Å²) in [6.45, 7) is 0.303. The Kier molecular flexibility index (Phi) is 5.26. The third kappa shape index (κ3) is 4.12. The van der Waals surface area contributed by atoms with E-state index in [0.29, 0.717) is 39.6 Å². The fourth-order valence-corrected chi connectivity index (χ4v) is 3.69. The number of fused-ring (bicyclic) bond motifs is 1. The molecule has 4 rings (SSSR count). The van der Waals surface area contributed by atoms with Gasteiger partial charge in [-0.15, -0.1) is 11.3 Å². The van der Waals surface area contributed by atoms with Crippen LogP contribution in [0.5, 0.6) is 17.4 Å². The Balaban J connectivity index is 1.41. The van der Waals surface area contributed by atoms with E-state index >= 15 is 0 Å². The van der Waals surface area contributed by atoms with E-state index < -0.39 is 0 Å². The lowest BCUT2D eigenvalue weighted by Gasteiger charge is -2.08. The number of ether oxygens (including phenoxy) is 2. The molecule has 0 radical (unpaired) electrons. The molecule has 7 nitrogen and oxygen atoms in total. The first-order chi connectivity index (χ1) is 14.1. The van der Waals surface area contributed by atoms with Crippen molar-refractivity contribution in [3.8, 4) is 17.4 Å². The smallest absolute Gasteiger partial charge is 0.256 e. The van der Waals surface area contributed by atoms with Gasteiger partial charge in [0.25, 0.3) is 11.5 Å². The van der Waals surface area contributed by atoms with E-state index in [-0.39, 0.29) is 11.5 Å². The van der Waals surface area contributed by atoms with Gasteiger partial charge >= 0.3 is 0 Å². The average molecular weight is 407 g/mol. The minimum Gasteiger partial charge on any atom is -0.497 e. The molecule has 29 heavy (non-hydrogen) atoms. The van der Waals surface area contributed by atoms with Crippen molar-refractivity contribution in [3.05, 3.63) is 81.7 Å². The van der Waals surface area contributed by atoms with Crippen LogP contribution in [-0.4, -0.2) is 23.0 Å². The second-order valence-electron chi connectivity index (χ2n) is 6.16. The number of benzene rings is 1. The number of amides is 1. The van der Waals surface area contributed by atoms with E-state index in [1.54, 1.807) is 36.9 Å². The molecule has 3 heterocycles. The maximum absolute atomic E-state index is 12.5. The van der Waals surface area contributed by atoms with Gasteiger partial charge in [0.1, 0.15) is 11.5 Å². The van der Waals surface area contributed by atoms with E-state index in [4.69, 9.17) is 9.47 Å². The number of thiophene rings is 1. The predicted molar refractivity (Wildman–Crippen MR) is 111 cm³/mol. The van der Waals surface area contributed by atoms with Crippen molar-refractivity contribution in [2.75, 3.05) is 7.11 Å². The van der Waals surface area contributed by atoms with Crippen molar-refractivity contribution in [3.63, 3.8) is 0 Å². The standard InChI is InChI=1S/C21H17N3O4S/c1-27-14-3-2-4-15(9-14)28-18-6-5-13(10-22-18)11-23-21(26)17-12-24-20(25)16-7-8-29-19(16)17/h2-10,12H,11H2,1H3,(H,23,26)(H,24,25). The molecule has 2 N–H and O–H groups in total. The first kappa shape index (κ1) is 18.7. The number of H-pyrrole nitrogens is 1. The van der Waals surface area contributed by atoms with Gasteiger partial charge in [0.05, 0.1) is 22.8 Å². The topological polar surface area (TPSA) is 93.3 Å². The Bertz CT molecular complexity index is 1210. The van der Waals surface area contributed by atoms with E-state index in [9.17, 15) is 9.59 Å². The zero-order valence-electron chi connectivity index (χ0n) is 15.5. The predicted octanol–water partition coefficient (Wildman–Crippen LogP) is 3.72. The maximum atomic E-state index is 12.5. The van der Waals surface area contributed by atoms with Crippen LogP contribution >= 0.6 is 11.3 Å². The van der Waals surface area contributed by atoms with Crippen molar-refractivity contribution in [1.29, 1.82) is 0 Å². The lowest BCUT2D eigenvalue weighted by molar-refractivity contribution is 0.0952. The lowest BCUT2D eigenvalue weighted by atomic mass is 10.2. The molecule has 0 atom stereocenters. The van der Waals surface area contributed by atoms with Gasteiger partial charge in [0, 0.05) is 31.1 Å². The number of aromatic nitrogens is 2. The summed E-state index contributed by atoms with van der Waals surface area (Å²) >= 11 is 1.36.